The number of carbonyl (C=O) groups is 2. The summed E-state index contributed by atoms with van der Waals surface area (Å²) in [6.45, 7) is -0.452. The Balaban J connectivity index is 2.59. The van der Waals surface area contributed by atoms with E-state index in [1.807, 2.05) is 0 Å². The van der Waals surface area contributed by atoms with Gasteiger partial charge in [0.1, 0.15) is 6.54 Å². The van der Waals surface area contributed by atoms with Crippen molar-refractivity contribution in [2.75, 3.05) is 7.11 Å². The molecule has 0 saturated heterocycles. The van der Waals surface area contributed by atoms with Crippen molar-refractivity contribution in [3.8, 4) is 0 Å². The standard InChI is InChI=1S/C10H13N3O6/c1-19-8(16)6-3-2-4-12-9(17)11(5-7(14)15)10(18)13(6)12/h6H,2-5H2,1H3,(H,14,15). The van der Waals surface area contributed by atoms with Gasteiger partial charge in [0.25, 0.3) is 0 Å². The zero-order valence-electron chi connectivity index (χ0n) is 10.2. The molecule has 1 aliphatic heterocycles. The molecule has 2 heterocycles. The van der Waals surface area contributed by atoms with Gasteiger partial charge in [-0.05, 0) is 12.8 Å². The van der Waals surface area contributed by atoms with Crippen LogP contribution in [0, 0.1) is 0 Å². The van der Waals surface area contributed by atoms with E-state index < -0.39 is 35.9 Å². The van der Waals surface area contributed by atoms with Gasteiger partial charge in [0, 0.05) is 6.54 Å². The van der Waals surface area contributed by atoms with Crippen LogP contribution in [0.1, 0.15) is 18.9 Å². The lowest BCUT2D eigenvalue weighted by Crippen LogP contribution is -2.38. The number of aliphatic carboxylic acids is 1. The van der Waals surface area contributed by atoms with Crippen molar-refractivity contribution in [1.82, 2.24) is 13.9 Å². The van der Waals surface area contributed by atoms with E-state index in [9.17, 15) is 19.2 Å². The normalized spacial score (nSPS) is 17.8. The van der Waals surface area contributed by atoms with E-state index in [2.05, 4.69) is 4.74 Å². The van der Waals surface area contributed by atoms with Crippen molar-refractivity contribution >= 4 is 11.9 Å². The number of methoxy groups -OCH3 is 1. The van der Waals surface area contributed by atoms with Gasteiger partial charge >= 0.3 is 23.3 Å². The third-order valence-electron chi connectivity index (χ3n) is 3.05. The zero-order chi connectivity index (χ0) is 14.2. The molecule has 0 aliphatic carbocycles. The fourth-order valence-corrected chi connectivity index (χ4v) is 2.23. The summed E-state index contributed by atoms with van der Waals surface area (Å²) >= 11 is 0. The van der Waals surface area contributed by atoms with E-state index in [1.54, 1.807) is 0 Å². The van der Waals surface area contributed by atoms with Crippen molar-refractivity contribution in [3.63, 3.8) is 0 Å². The van der Waals surface area contributed by atoms with Crippen molar-refractivity contribution in [2.24, 2.45) is 0 Å². The predicted octanol–water partition coefficient (Wildman–Crippen LogP) is -1.60. The third-order valence-corrected chi connectivity index (χ3v) is 3.05. The van der Waals surface area contributed by atoms with Crippen LogP contribution in [0.2, 0.25) is 0 Å². The Kier molecular flexibility index (Phi) is 3.28. The SMILES string of the molecule is COC(=O)C1CCCn2c(=O)n(CC(=O)O)c(=O)n21. The number of nitrogens with zero attached hydrogens (tertiary/aromatic N) is 3. The van der Waals surface area contributed by atoms with E-state index >= 15 is 0 Å². The van der Waals surface area contributed by atoms with Crippen LogP contribution in [-0.2, 0) is 27.4 Å². The largest absolute Gasteiger partial charge is 0.480 e. The number of fused-ring (bicyclic) bond motifs is 1. The summed E-state index contributed by atoms with van der Waals surface area (Å²) in [5, 5.41) is 8.69. The first-order valence-electron chi connectivity index (χ1n) is 5.69. The minimum atomic E-state index is -1.29. The summed E-state index contributed by atoms with van der Waals surface area (Å²) in [7, 11) is 1.19. The molecule has 0 fully saturated rings. The molecule has 0 aromatic carbocycles. The van der Waals surface area contributed by atoms with E-state index in [0.717, 1.165) is 9.36 Å². The highest BCUT2D eigenvalue weighted by molar-refractivity contribution is 5.74. The summed E-state index contributed by atoms with van der Waals surface area (Å²) in [6, 6.07) is -0.881. The molecule has 0 amide bonds. The van der Waals surface area contributed by atoms with Crippen LogP contribution in [0.4, 0.5) is 0 Å². The lowest BCUT2D eigenvalue weighted by atomic mass is 10.1. The minimum Gasteiger partial charge on any atom is -0.480 e. The molecule has 0 bridgehead atoms. The first-order chi connectivity index (χ1) is 8.97. The number of ether oxygens (including phenoxy) is 1. The fraction of sp³-hybridized carbons (Fsp3) is 0.600. The van der Waals surface area contributed by atoms with Gasteiger partial charge in [-0.15, -0.1) is 0 Å². The van der Waals surface area contributed by atoms with Crippen LogP contribution in [-0.4, -0.2) is 38.1 Å². The Morgan fingerprint density at radius 2 is 2.05 bits per heavy atom. The van der Waals surface area contributed by atoms with E-state index in [4.69, 9.17) is 5.11 Å². The van der Waals surface area contributed by atoms with Gasteiger partial charge in [0.2, 0.25) is 0 Å². The molecule has 1 aromatic rings. The van der Waals surface area contributed by atoms with Crippen molar-refractivity contribution in [1.29, 1.82) is 0 Å². The number of esters is 1. The van der Waals surface area contributed by atoms with Crippen LogP contribution in [0.25, 0.3) is 0 Å². The molecule has 1 atom stereocenters. The number of hydrogen-bond donors (Lipinski definition) is 1. The molecular formula is C10H13N3O6. The van der Waals surface area contributed by atoms with E-state index in [0.29, 0.717) is 17.4 Å². The Bertz CT molecular complexity index is 637. The predicted molar refractivity (Wildman–Crippen MR) is 60.9 cm³/mol. The highest BCUT2D eigenvalue weighted by Gasteiger charge is 2.32. The van der Waals surface area contributed by atoms with Gasteiger partial charge in [-0.3, -0.25) is 4.79 Å². The lowest BCUT2D eigenvalue weighted by molar-refractivity contribution is -0.146. The average Bonchev–Trinajstić information content (AvgIpc) is 2.63. The van der Waals surface area contributed by atoms with Gasteiger partial charge in [0.15, 0.2) is 6.04 Å². The maximum absolute atomic E-state index is 12.0. The molecule has 0 spiro atoms. The van der Waals surface area contributed by atoms with Crippen LogP contribution < -0.4 is 11.4 Å². The fourth-order valence-electron chi connectivity index (χ4n) is 2.23. The second-order valence-electron chi connectivity index (χ2n) is 4.19. The summed E-state index contributed by atoms with van der Waals surface area (Å²) in [5.74, 6) is -1.92. The average molecular weight is 271 g/mol. The molecule has 0 radical (unpaired) electrons. The Morgan fingerprint density at radius 1 is 1.37 bits per heavy atom. The molecule has 2 rings (SSSR count). The van der Waals surface area contributed by atoms with Crippen LogP contribution in [0.15, 0.2) is 9.59 Å². The number of aromatic nitrogens is 3. The van der Waals surface area contributed by atoms with Crippen LogP contribution in [0.3, 0.4) is 0 Å². The summed E-state index contributed by atoms with van der Waals surface area (Å²) in [4.78, 5) is 46.2. The topological polar surface area (TPSA) is 113 Å². The molecule has 9 heteroatoms. The summed E-state index contributed by atoms with van der Waals surface area (Å²) in [6.07, 6.45) is 0.916. The van der Waals surface area contributed by atoms with Gasteiger partial charge in [-0.25, -0.2) is 28.3 Å². The highest BCUT2D eigenvalue weighted by atomic mass is 16.5. The molecule has 1 aromatic heterocycles. The third kappa shape index (κ3) is 2.07. The van der Waals surface area contributed by atoms with E-state index in [1.165, 1.54) is 7.11 Å². The number of carbonyl (C=O) groups excluding carboxylic acids is 1. The van der Waals surface area contributed by atoms with Crippen molar-refractivity contribution in [2.45, 2.75) is 32.0 Å². The maximum Gasteiger partial charge on any atom is 0.348 e. The first kappa shape index (κ1) is 13.1. The smallest absolute Gasteiger partial charge is 0.348 e. The van der Waals surface area contributed by atoms with Crippen LogP contribution in [0.5, 0.6) is 0 Å². The molecule has 0 saturated carbocycles. The minimum absolute atomic E-state index is 0.272. The van der Waals surface area contributed by atoms with Crippen LogP contribution >= 0.6 is 0 Å². The van der Waals surface area contributed by atoms with Gasteiger partial charge in [-0.2, -0.15) is 0 Å². The first-order valence-corrected chi connectivity index (χ1v) is 5.69. The maximum atomic E-state index is 12.0. The molecule has 1 aliphatic rings. The van der Waals surface area contributed by atoms with Gasteiger partial charge in [0.05, 0.1) is 7.11 Å². The number of carboxylic acids is 1. The second-order valence-corrected chi connectivity index (χ2v) is 4.19. The Hall–Kier alpha value is -2.32. The van der Waals surface area contributed by atoms with Crippen molar-refractivity contribution in [3.05, 3.63) is 21.0 Å². The number of carboxylic acid groups (broad SMARTS) is 1. The number of rotatable bonds is 3. The van der Waals surface area contributed by atoms with E-state index in [-0.39, 0.29) is 6.54 Å². The highest BCUT2D eigenvalue weighted by Crippen LogP contribution is 2.18. The molecule has 19 heavy (non-hydrogen) atoms. The van der Waals surface area contributed by atoms with Gasteiger partial charge < -0.3 is 9.84 Å². The lowest BCUT2D eigenvalue weighted by Gasteiger charge is -2.22. The quantitative estimate of drug-likeness (QED) is 0.663. The monoisotopic (exact) mass is 271 g/mol. The zero-order valence-corrected chi connectivity index (χ0v) is 10.2. The summed E-state index contributed by atoms with van der Waals surface area (Å²) < 4.78 is 7.27. The van der Waals surface area contributed by atoms with Crippen molar-refractivity contribution < 1.29 is 19.4 Å². The molecule has 9 nitrogen and oxygen atoms in total. The molecular weight excluding hydrogens is 258 g/mol. The summed E-state index contributed by atoms with van der Waals surface area (Å²) in [5.41, 5.74) is -1.52. The Morgan fingerprint density at radius 3 is 2.63 bits per heavy atom. The Labute approximate surface area is 106 Å². The molecule has 1 N–H and O–H groups in total. The second kappa shape index (κ2) is 4.75. The molecule has 104 valence electrons. The van der Waals surface area contributed by atoms with Gasteiger partial charge in [-0.1, -0.05) is 0 Å². The number of hydrogen-bond acceptors (Lipinski definition) is 5. The molecule has 1 unspecified atom stereocenters.